The van der Waals surface area contributed by atoms with Crippen LogP contribution in [0.25, 0.3) is 0 Å². The first-order valence-corrected chi connectivity index (χ1v) is 12.3. The molecule has 33 heavy (non-hydrogen) atoms. The molecule has 1 aromatic heterocycles. The quantitative estimate of drug-likeness (QED) is 0.306. The molecule has 2 aromatic rings. The van der Waals surface area contributed by atoms with Gasteiger partial charge in [-0.05, 0) is 44.2 Å². The molecule has 0 radical (unpaired) electrons. The summed E-state index contributed by atoms with van der Waals surface area (Å²) in [5.41, 5.74) is 1.42. The van der Waals surface area contributed by atoms with Gasteiger partial charge in [-0.3, -0.25) is 9.89 Å². The number of hydrogen-bond acceptors (Lipinski definition) is 5. The zero-order valence-electron chi connectivity index (χ0n) is 20.2. The van der Waals surface area contributed by atoms with Gasteiger partial charge in [0.15, 0.2) is 11.8 Å². The van der Waals surface area contributed by atoms with E-state index in [-0.39, 0.29) is 29.9 Å². The zero-order chi connectivity index (χ0) is 22.3. The summed E-state index contributed by atoms with van der Waals surface area (Å²) in [7, 11) is 0. The molecule has 4 rings (SSSR count). The molecule has 8 heteroatoms. The highest BCUT2D eigenvalue weighted by Crippen LogP contribution is 2.31. The number of nitrogens with one attached hydrogen (secondary N) is 1. The molecule has 182 valence electrons. The number of fused-ring (bicyclic) bond motifs is 1. The maximum Gasteiger partial charge on any atom is 0.228 e. The van der Waals surface area contributed by atoms with Crippen LogP contribution < -0.4 is 5.32 Å². The van der Waals surface area contributed by atoms with E-state index in [2.05, 4.69) is 76.4 Å². The van der Waals surface area contributed by atoms with Crippen molar-refractivity contribution in [1.82, 2.24) is 25.3 Å². The van der Waals surface area contributed by atoms with Gasteiger partial charge in [0.25, 0.3) is 0 Å². The van der Waals surface area contributed by atoms with Gasteiger partial charge in [-0.25, -0.2) is 0 Å². The molecule has 0 bridgehead atoms. The van der Waals surface area contributed by atoms with Crippen molar-refractivity contribution < 1.29 is 4.52 Å². The normalized spacial score (nSPS) is 21.6. The Labute approximate surface area is 215 Å². The first-order chi connectivity index (χ1) is 15.6. The Morgan fingerprint density at radius 1 is 1.21 bits per heavy atom. The molecule has 2 unspecified atom stereocenters. The standard InChI is InChI=1S/C25H38N6O.HI/c1-4-26-25(27-14-12-23-28-24(19(2)3)29-32-23)31-16-13-22-21(18-31)11-8-15-30(22)17-20-9-6-5-7-10-20;/h5-7,9-10,19,21-22H,4,8,11-18H2,1-3H3,(H,26,27);1H. The molecule has 2 aliphatic heterocycles. The second-order valence-corrected chi connectivity index (χ2v) is 9.35. The van der Waals surface area contributed by atoms with E-state index >= 15 is 0 Å². The van der Waals surface area contributed by atoms with Crippen LogP contribution >= 0.6 is 24.0 Å². The molecule has 0 spiro atoms. The van der Waals surface area contributed by atoms with E-state index in [1.54, 1.807) is 0 Å². The van der Waals surface area contributed by atoms with E-state index in [9.17, 15) is 0 Å². The van der Waals surface area contributed by atoms with Gasteiger partial charge in [0, 0.05) is 44.6 Å². The van der Waals surface area contributed by atoms with Crippen LogP contribution in [0.1, 0.15) is 63.2 Å². The van der Waals surface area contributed by atoms with Gasteiger partial charge in [0.1, 0.15) is 0 Å². The topological polar surface area (TPSA) is 69.8 Å². The van der Waals surface area contributed by atoms with Crippen LogP contribution in [0.2, 0.25) is 0 Å². The van der Waals surface area contributed by atoms with Crippen molar-refractivity contribution in [2.75, 3.05) is 32.7 Å². The second kappa shape index (κ2) is 12.7. The Hall–Kier alpha value is -1.68. The number of halogens is 1. The Kier molecular flexibility index (Phi) is 9.97. The summed E-state index contributed by atoms with van der Waals surface area (Å²) in [5, 5.41) is 7.56. The second-order valence-electron chi connectivity index (χ2n) is 9.35. The fourth-order valence-corrected chi connectivity index (χ4v) is 5.00. The number of rotatable bonds is 7. The van der Waals surface area contributed by atoms with Crippen molar-refractivity contribution in [1.29, 1.82) is 0 Å². The smallest absolute Gasteiger partial charge is 0.228 e. The lowest BCUT2D eigenvalue weighted by Gasteiger charge is -2.48. The highest BCUT2D eigenvalue weighted by atomic mass is 127. The molecule has 7 nitrogen and oxygen atoms in total. The van der Waals surface area contributed by atoms with E-state index in [0.29, 0.717) is 30.8 Å². The third-order valence-corrected chi connectivity index (χ3v) is 6.63. The molecule has 2 atom stereocenters. The number of hydrogen-bond donors (Lipinski definition) is 1. The van der Waals surface area contributed by atoms with Gasteiger partial charge in [0.2, 0.25) is 5.89 Å². The van der Waals surface area contributed by atoms with Gasteiger partial charge >= 0.3 is 0 Å². The third-order valence-electron chi connectivity index (χ3n) is 6.63. The maximum atomic E-state index is 5.37. The van der Waals surface area contributed by atoms with Crippen molar-refractivity contribution in [2.45, 2.75) is 65.0 Å². The zero-order valence-corrected chi connectivity index (χ0v) is 22.6. The van der Waals surface area contributed by atoms with Crippen molar-refractivity contribution >= 4 is 29.9 Å². The number of benzene rings is 1. The molecule has 1 aromatic carbocycles. The number of likely N-dealkylation sites (tertiary alicyclic amines) is 2. The first-order valence-electron chi connectivity index (χ1n) is 12.3. The highest BCUT2D eigenvalue weighted by molar-refractivity contribution is 14.0. The lowest BCUT2D eigenvalue weighted by Crippen LogP contribution is -2.56. The van der Waals surface area contributed by atoms with Crippen LogP contribution in [0.15, 0.2) is 39.8 Å². The highest BCUT2D eigenvalue weighted by Gasteiger charge is 2.36. The Bertz CT molecular complexity index is 871. The molecule has 2 fully saturated rings. The molecule has 0 amide bonds. The van der Waals surface area contributed by atoms with Gasteiger partial charge in [-0.1, -0.05) is 49.3 Å². The lowest BCUT2D eigenvalue weighted by molar-refractivity contribution is 0.0372. The first kappa shape index (κ1) is 25.9. The number of aliphatic imine (C=N–C) groups is 1. The minimum Gasteiger partial charge on any atom is -0.357 e. The summed E-state index contributed by atoms with van der Waals surface area (Å²) in [6, 6.07) is 11.6. The predicted molar refractivity (Wildman–Crippen MR) is 143 cm³/mol. The predicted octanol–water partition coefficient (Wildman–Crippen LogP) is 4.31. The SMILES string of the molecule is CCNC(=NCCc1nc(C(C)C)no1)N1CCC2C(CCCN2Cc2ccccc2)C1.I. The Morgan fingerprint density at radius 3 is 2.76 bits per heavy atom. The Balaban J connectivity index is 0.00000306. The largest absolute Gasteiger partial charge is 0.357 e. The number of guanidine groups is 1. The van der Waals surface area contributed by atoms with Crippen molar-refractivity contribution in [3.8, 4) is 0 Å². The van der Waals surface area contributed by atoms with Gasteiger partial charge < -0.3 is 14.7 Å². The average Bonchev–Trinajstić information content (AvgIpc) is 3.28. The lowest BCUT2D eigenvalue weighted by atomic mass is 9.83. The van der Waals surface area contributed by atoms with Crippen LogP contribution in [0.5, 0.6) is 0 Å². The molecule has 1 N–H and O–H groups in total. The van der Waals surface area contributed by atoms with E-state index < -0.39 is 0 Å². The minimum absolute atomic E-state index is 0. The number of nitrogens with zero attached hydrogens (tertiary/aromatic N) is 5. The molecule has 0 saturated carbocycles. The van der Waals surface area contributed by atoms with Crippen LogP contribution in [-0.2, 0) is 13.0 Å². The summed E-state index contributed by atoms with van der Waals surface area (Å²) in [6.45, 7) is 12.2. The maximum absolute atomic E-state index is 5.37. The van der Waals surface area contributed by atoms with Gasteiger partial charge in [0.05, 0.1) is 6.54 Å². The molecular formula is C25H39IN6O. The Morgan fingerprint density at radius 2 is 2.03 bits per heavy atom. The molecular weight excluding hydrogens is 527 g/mol. The average molecular weight is 567 g/mol. The fourth-order valence-electron chi connectivity index (χ4n) is 5.00. The number of aromatic nitrogens is 2. The molecule has 2 saturated heterocycles. The summed E-state index contributed by atoms with van der Waals surface area (Å²) >= 11 is 0. The van der Waals surface area contributed by atoms with Gasteiger partial charge in [-0.15, -0.1) is 24.0 Å². The van der Waals surface area contributed by atoms with E-state index in [1.807, 2.05) is 0 Å². The van der Waals surface area contributed by atoms with Crippen LogP contribution in [0.3, 0.4) is 0 Å². The van der Waals surface area contributed by atoms with Crippen LogP contribution in [0, 0.1) is 5.92 Å². The van der Waals surface area contributed by atoms with Crippen LogP contribution in [0.4, 0.5) is 0 Å². The summed E-state index contributed by atoms with van der Waals surface area (Å²) in [5.74, 6) is 3.46. The number of piperidine rings is 2. The van der Waals surface area contributed by atoms with Gasteiger partial charge in [-0.2, -0.15) is 4.98 Å². The molecule has 0 aliphatic carbocycles. The van der Waals surface area contributed by atoms with E-state index in [4.69, 9.17) is 9.52 Å². The fraction of sp³-hybridized carbons (Fsp3) is 0.640. The monoisotopic (exact) mass is 566 g/mol. The van der Waals surface area contributed by atoms with E-state index in [1.165, 1.54) is 31.4 Å². The minimum atomic E-state index is 0. The van der Waals surface area contributed by atoms with Crippen molar-refractivity contribution in [2.24, 2.45) is 10.9 Å². The summed E-state index contributed by atoms with van der Waals surface area (Å²) < 4.78 is 5.37. The van der Waals surface area contributed by atoms with Crippen molar-refractivity contribution in [3.63, 3.8) is 0 Å². The van der Waals surface area contributed by atoms with E-state index in [0.717, 1.165) is 38.0 Å². The van der Waals surface area contributed by atoms with Crippen LogP contribution in [-0.4, -0.2) is 64.7 Å². The summed E-state index contributed by atoms with van der Waals surface area (Å²) in [4.78, 5) is 14.6. The molecule has 3 heterocycles. The molecule has 2 aliphatic rings. The summed E-state index contributed by atoms with van der Waals surface area (Å²) in [6.07, 6.45) is 4.47. The third kappa shape index (κ3) is 6.91. The van der Waals surface area contributed by atoms with Crippen molar-refractivity contribution in [3.05, 3.63) is 47.6 Å².